The highest BCUT2D eigenvalue weighted by Gasteiger charge is 2.44. The number of hydrogen-bond acceptors (Lipinski definition) is 3. The molecule has 1 aliphatic heterocycles. The zero-order valence-corrected chi connectivity index (χ0v) is 8.62. The molecular weight excluding hydrogens is 180 g/mol. The summed E-state index contributed by atoms with van der Waals surface area (Å²) in [7, 11) is 0. The lowest BCUT2D eigenvalue weighted by Gasteiger charge is -2.25. The zero-order chi connectivity index (χ0) is 10.2. The van der Waals surface area contributed by atoms with Crippen molar-refractivity contribution in [1.82, 2.24) is 10.4 Å². The summed E-state index contributed by atoms with van der Waals surface area (Å²) >= 11 is 0. The fraction of sp³-hybridized carbons (Fsp3) is 0.900. The van der Waals surface area contributed by atoms with E-state index in [9.17, 15) is 9.90 Å². The van der Waals surface area contributed by atoms with Gasteiger partial charge in [-0.15, -0.1) is 0 Å². The third-order valence-electron chi connectivity index (χ3n) is 3.17. The van der Waals surface area contributed by atoms with Crippen LogP contribution in [-0.4, -0.2) is 34.2 Å². The molecular formula is C10H18N2O2. The lowest BCUT2D eigenvalue weighted by atomic mass is 9.96. The number of hydrazine groups is 1. The Hall–Kier alpha value is -0.610. The van der Waals surface area contributed by atoms with E-state index >= 15 is 0 Å². The van der Waals surface area contributed by atoms with E-state index in [2.05, 4.69) is 5.43 Å². The second-order valence-electron chi connectivity index (χ2n) is 4.63. The van der Waals surface area contributed by atoms with Crippen LogP contribution in [0.3, 0.4) is 0 Å². The summed E-state index contributed by atoms with van der Waals surface area (Å²) in [5.41, 5.74) is 3.30. The fourth-order valence-corrected chi connectivity index (χ4v) is 2.53. The first-order valence-corrected chi connectivity index (χ1v) is 5.38. The van der Waals surface area contributed by atoms with Crippen LogP contribution in [0.2, 0.25) is 0 Å². The summed E-state index contributed by atoms with van der Waals surface area (Å²) in [6.45, 7) is 2.11. The molecule has 14 heavy (non-hydrogen) atoms. The van der Waals surface area contributed by atoms with Crippen molar-refractivity contribution >= 4 is 5.91 Å². The highest BCUT2D eigenvalue weighted by atomic mass is 16.3. The van der Waals surface area contributed by atoms with Crippen molar-refractivity contribution < 1.29 is 9.90 Å². The average molecular weight is 198 g/mol. The van der Waals surface area contributed by atoms with Crippen LogP contribution in [0.25, 0.3) is 0 Å². The van der Waals surface area contributed by atoms with Crippen LogP contribution in [-0.2, 0) is 4.79 Å². The summed E-state index contributed by atoms with van der Waals surface area (Å²) in [5.74, 6) is 0.132. The van der Waals surface area contributed by atoms with Crippen LogP contribution in [0.4, 0.5) is 0 Å². The van der Waals surface area contributed by atoms with Gasteiger partial charge in [-0.3, -0.25) is 9.80 Å². The molecule has 1 aliphatic carbocycles. The molecule has 2 fully saturated rings. The van der Waals surface area contributed by atoms with Crippen LogP contribution in [0, 0.1) is 0 Å². The van der Waals surface area contributed by atoms with E-state index in [4.69, 9.17) is 0 Å². The third kappa shape index (κ3) is 1.77. The van der Waals surface area contributed by atoms with E-state index in [-0.39, 0.29) is 11.4 Å². The number of nitrogens with zero attached hydrogens (tertiary/aromatic N) is 1. The number of aliphatic hydroxyl groups excluding tert-OH is 1. The predicted octanol–water partition coefficient (Wildman–Crippen LogP) is 0.417. The summed E-state index contributed by atoms with van der Waals surface area (Å²) in [6.07, 6.45) is 4.76. The van der Waals surface area contributed by atoms with E-state index in [1.807, 2.05) is 0 Å². The van der Waals surface area contributed by atoms with Gasteiger partial charge in [-0.1, -0.05) is 12.8 Å². The largest absolute Gasteiger partial charge is 0.392 e. The van der Waals surface area contributed by atoms with Gasteiger partial charge >= 0.3 is 0 Å². The van der Waals surface area contributed by atoms with Gasteiger partial charge in [-0.05, 0) is 19.8 Å². The van der Waals surface area contributed by atoms with Crippen LogP contribution in [0.15, 0.2) is 0 Å². The number of β-amino-alcohol motifs (C(OH)–C–C–N with tert-alkyl or cyclic N) is 1. The Balaban J connectivity index is 1.99. The molecule has 0 aromatic heterocycles. The second-order valence-corrected chi connectivity index (χ2v) is 4.63. The molecule has 2 rings (SSSR count). The Bertz CT molecular complexity index is 234. The molecule has 2 aliphatic rings. The molecule has 4 heteroatoms. The molecule has 1 amide bonds. The molecule has 1 spiro atoms. The minimum absolute atomic E-state index is 0.0337. The van der Waals surface area contributed by atoms with Crippen molar-refractivity contribution in [3.63, 3.8) is 0 Å². The Kier molecular flexibility index (Phi) is 2.49. The molecule has 1 saturated heterocycles. The van der Waals surface area contributed by atoms with Gasteiger partial charge in [-0.25, -0.2) is 5.43 Å². The molecule has 2 N–H and O–H groups in total. The average Bonchev–Trinajstić information content (AvgIpc) is 2.61. The van der Waals surface area contributed by atoms with Gasteiger partial charge < -0.3 is 5.11 Å². The Morgan fingerprint density at radius 1 is 1.57 bits per heavy atom. The number of amides is 1. The number of nitrogens with one attached hydrogen (secondary N) is 1. The lowest BCUT2D eigenvalue weighted by molar-refractivity contribution is -0.130. The molecule has 1 atom stereocenters. The second kappa shape index (κ2) is 3.51. The van der Waals surface area contributed by atoms with Gasteiger partial charge in [0.2, 0.25) is 5.91 Å². The van der Waals surface area contributed by atoms with E-state index in [1.165, 1.54) is 12.8 Å². The Morgan fingerprint density at radius 3 is 2.79 bits per heavy atom. The first kappa shape index (κ1) is 9.93. The van der Waals surface area contributed by atoms with Gasteiger partial charge in [0.25, 0.3) is 0 Å². The summed E-state index contributed by atoms with van der Waals surface area (Å²) < 4.78 is 0. The first-order valence-electron chi connectivity index (χ1n) is 5.38. The smallest absolute Gasteiger partial charge is 0.238 e. The Morgan fingerprint density at radius 2 is 2.21 bits per heavy atom. The summed E-state index contributed by atoms with van der Waals surface area (Å²) in [4.78, 5) is 11.6. The van der Waals surface area contributed by atoms with Crippen LogP contribution < -0.4 is 5.43 Å². The molecule has 1 saturated carbocycles. The normalized spacial score (nSPS) is 27.6. The van der Waals surface area contributed by atoms with Crippen molar-refractivity contribution in [3.05, 3.63) is 0 Å². The molecule has 0 bridgehead atoms. The number of aliphatic hydroxyl groups is 1. The number of carbonyl (C=O) groups is 1. The van der Waals surface area contributed by atoms with Crippen molar-refractivity contribution in [1.29, 1.82) is 0 Å². The molecule has 0 aromatic carbocycles. The van der Waals surface area contributed by atoms with Gasteiger partial charge in [0.05, 0.1) is 12.6 Å². The van der Waals surface area contributed by atoms with Crippen molar-refractivity contribution in [2.75, 3.05) is 6.54 Å². The summed E-state index contributed by atoms with van der Waals surface area (Å²) in [6, 6.07) is 0. The lowest BCUT2D eigenvalue weighted by Crippen LogP contribution is -2.46. The van der Waals surface area contributed by atoms with Crippen molar-refractivity contribution in [2.24, 2.45) is 0 Å². The quantitative estimate of drug-likeness (QED) is 0.676. The number of hydrogen-bond donors (Lipinski definition) is 2. The molecule has 1 unspecified atom stereocenters. The van der Waals surface area contributed by atoms with Gasteiger partial charge in [0, 0.05) is 12.0 Å². The fourth-order valence-electron chi connectivity index (χ4n) is 2.53. The zero-order valence-electron chi connectivity index (χ0n) is 8.62. The van der Waals surface area contributed by atoms with Gasteiger partial charge in [0.1, 0.15) is 0 Å². The predicted molar refractivity (Wildman–Crippen MR) is 52.3 cm³/mol. The minimum Gasteiger partial charge on any atom is -0.392 e. The molecule has 0 aromatic rings. The van der Waals surface area contributed by atoms with Crippen LogP contribution in [0.5, 0.6) is 0 Å². The minimum atomic E-state index is -0.456. The Labute approximate surface area is 84.2 Å². The van der Waals surface area contributed by atoms with Crippen molar-refractivity contribution in [2.45, 2.75) is 50.7 Å². The molecule has 0 radical (unpaired) electrons. The van der Waals surface area contributed by atoms with E-state index in [0.717, 1.165) is 12.8 Å². The topological polar surface area (TPSA) is 52.6 Å². The van der Waals surface area contributed by atoms with Gasteiger partial charge in [0.15, 0.2) is 0 Å². The summed E-state index contributed by atoms with van der Waals surface area (Å²) in [5, 5.41) is 10.8. The number of carbonyl (C=O) groups excluding carboxylic acids is 1. The number of rotatable bonds is 2. The highest BCUT2D eigenvalue weighted by Crippen LogP contribution is 2.36. The third-order valence-corrected chi connectivity index (χ3v) is 3.17. The van der Waals surface area contributed by atoms with E-state index in [1.54, 1.807) is 11.9 Å². The highest BCUT2D eigenvalue weighted by molar-refractivity contribution is 5.79. The maximum atomic E-state index is 11.6. The standard InChI is InChI=1S/C10H18N2O2/c1-8(13)7-12-9(14)6-10(11-12)4-2-3-5-10/h8,11,13H,2-7H2,1H3. The maximum Gasteiger partial charge on any atom is 0.238 e. The first-order chi connectivity index (χ1) is 6.61. The maximum absolute atomic E-state index is 11.6. The van der Waals surface area contributed by atoms with E-state index in [0.29, 0.717) is 13.0 Å². The molecule has 4 nitrogen and oxygen atoms in total. The molecule has 1 heterocycles. The van der Waals surface area contributed by atoms with Crippen LogP contribution >= 0.6 is 0 Å². The van der Waals surface area contributed by atoms with Gasteiger partial charge in [-0.2, -0.15) is 0 Å². The SMILES string of the molecule is CC(O)CN1NC2(CCCC2)CC1=O. The van der Waals surface area contributed by atoms with E-state index < -0.39 is 6.10 Å². The monoisotopic (exact) mass is 198 g/mol. The van der Waals surface area contributed by atoms with Crippen molar-refractivity contribution in [3.8, 4) is 0 Å². The van der Waals surface area contributed by atoms with Crippen LogP contribution in [0.1, 0.15) is 39.0 Å². The molecule has 80 valence electrons.